The molecule has 0 aromatic rings. The average molecular weight is 945 g/mol. The molecule has 0 aromatic carbocycles. The van der Waals surface area contributed by atoms with Crippen molar-refractivity contribution in [2.24, 2.45) is 40.5 Å². The molecule has 1 N–H and O–H groups in total. The van der Waals surface area contributed by atoms with Gasteiger partial charge < -0.3 is 24.0 Å². The molecule has 7 fully saturated rings. The third-order valence-electron chi connectivity index (χ3n) is 15.9. The Morgan fingerprint density at radius 1 is 0.591 bits per heavy atom. The van der Waals surface area contributed by atoms with Gasteiger partial charge in [-0.1, -0.05) is 103 Å². The smallest absolute Gasteiger partial charge is 0.436 e. The molecule has 3 aliphatic heterocycles. The summed E-state index contributed by atoms with van der Waals surface area (Å²) in [6.07, 6.45) is 25.2. The minimum absolute atomic E-state index is 0.0442. The minimum atomic E-state index is -3.49. The Kier molecular flexibility index (Phi) is 19.3. The van der Waals surface area contributed by atoms with Gasteiger partial charge in [0.1, 0.15) is 0 Å². The van der Waals surface area contributed by atoms with E-state index in [4.69, 9.17) is 14.2 Å². The summed E-state index contributed by atoms with van der Waals surface area (Å²) in [5.74, 6) is -0.312. The van der Waals surface area contributed by atoms with E-state index in [9.17, 15) is 32.4 Å². The van der Waals surface area contributed by atoms with Crippen LogP contribution in [0.4, 0.5) is 14.4 Å². The van der Waals surface area contributed by atoms with Crippen molar-refractivity contribution in [3.8, 4) is 0 Å². The van der Waals surface area contributed by atoms with E-state index in [1.165, 1.54) is 54.2 Å². The van der Waals surface area contributed by atoms with Crippen molar-refractivity contribution >= 4 is 46.1 Å². The zero-order chi connectivity index (χ0) is 46.3. The number of ether oxygens (including phenoxy) is 3. The van der Waals surface area contributed by atoms with Crippen molar-refractivity contribution in [3.63, 3.8) is 0 Å². The number of nitrogens with zero attached hydrogens (tertiary/aromatic N) is 5. The van der Waals surface area contributed by atoms with Gasteiger partial charge in [-0.15, -0.1) is 4.99 Å². The van der Waals surface area contributed by atoms with Gasteiger partial charge in [0.15, 0.2) is 6.04 Å². The maximum atomic E-state index is 14.2. The number of hydrogen-bond donors (Lipinski definition) is 1. The summed E-state index contributed by atoms with van der Waals surface area (Å²) in [6, 6.07) is -1.70. The maximum absolute atomic E-state index is 14.2. The molecule has 0 radical (unpaired) electrons. The first-order valence-corrected chi connectivity index (χ1v) is 27.9. The van der Waals surface area contributed by atoms with Crippen LogP contribution < -0.4 is 5.32 Å². The molecule has 66 heavy (non-hydrogen) atoms. The van der Waals surface area contributed by atoms with Gasteiger partial charge in [0.2, 0.25) is 21.9 Å². The van der Waals surface area contributed by atoms with Crippen LogP contribution in [-0.2, 0) is 33.8 Å². The summed E-state index contributed by atoms with van der Waals surface area (Å²) in [7, 11) is -3.49. The summed E-state index contributed by atoms with van der Waals surface area (Å²) < 4.78 is 45.3. The number of carbonyl (C=O) groups excluding carboxylic acids is 5. The molecule has 3 saturated heterocycles. The highest BCUT2D eigenvalue weighted by Gasteiger charge is 2.57. The Labute approximate surface area is 394 Å². The first kappa shape index (κ1) is 50.4. The number of guanidine groups is 1. The number of sulfonamides is 1. The van der Waals surface area contributed by atoms with E-state index in [0.29, 0.717) is 56.7 Å². The molecule has 0 spiro atoms. The molecular weight excluding hydrogens is 865 g/mol. The number of carbonyl (C=O) groups is 5. The van der Waals surface area contributed by atoms with Gasteiger partial charge >= 0.3 is 24.2 Å². The predicted octanol–water partition coefficient (Wildman–Crippen LogP) is 8.24. The molecule has 7 aliphatic rings. The fourth-order valence-electron chi connectivity index (χ4n) is 11.9. The van der Waals surface area contributed by atoms with Crippen LogP contribution in [0.3, 0.4) is 0 Å². The van der Waals surface area contributed by atoms with Crippen molar-refractivity contribution in [3.05, 3.63) is 0 Å². The summed E-state index contributed by atoms with van der Waals surface area (Å²) >= 11 is 0. The number of unbranched alkanes of at least 4 members (excludes halogenated alkanes) is 1. The van der Waals surface area contributed by atoms with Crippen LogP contribution in [0.15, 0.2) is 4.99 Å². The molecule has 5 amide bonds. The van der Waals surface area contributed by atoms with Crippen LogP contribution in [0.25, 0.3) is 0 Å². The normalized spacial score (nSPS) is 26.1. The molecule has 0 aromatic heterocycles. The lowest BCUT2D eigenvalue weighted by atomic mass is 9.78. The SMILES string of the molecule is O=C(/N=C(\NC(=O)OCC1CCCCC1)N1CCCC(C[C@H]2C(=O)N(C(=O)N3CCN(S(=O)(=O)CCCCC4CCCCC4)CC3)C2C(=O)OCC2CCCCC2)C1)OCC1CCCCC1. The molecule has 3 heterocycles. The number of imide groups is 1. The molecular formula is C49H80N6O10S. The van der Waals surface area contributed by atoms with Crippen LogP contribution in [0.2, 0.25) is 0 Å². The molecule has 7 rings (SSSR count). The van der Waals surface area contributed by atoms with Crippen LogP contribution >= 0.6 is 0 Å². The van der Waals surface area contributed by atoms with Gasteiger partial charge in [-0.05, 0) is 93.8 Å². The fraction of sp³-hybridized carbons (Fsp3) is 0.878. The highest BCUT2D eigenvalue weighted by molar-refractivity contribution is 7.89. The standard InChI is InChI=1S/C49H80N6O10S/c56-44-42(32-41-25-15-26-53(33-41)46(50-47(58)64-35-39-21-9-3-10-22-39)51-48(59)65-36-40-23-11-4-12-24-40)43(45(57)63-34-38-19-7-2-8-20-38)55(44)49(60)52-27-29-54(30-28-52)66(61,62)31-14-13-18-37-16-5-1-6-17-37/h37-43H,1-36H2,(H,50,51,58,59)/t41?,42-,43?/m1/s1. The van der Waals surface area contributed by atoms with Crippen LogP contribution in [0.5, 0.6) is 0 Å². The van der Waals surface area contributed by atoms with E-state index in [0.717, 1.165) is 108 Å². The van der Waals surface area contributed by atoms with Crippen LogP contribution in [-0.4, -0.2) is 134 Å². The first-order valence-electron chi connectivity index (χ1n) is 26.2. The molecule has 4 saturated carbocycles. The van der Waals surface area contributed by atoms with E-state index in [1.54, 1.807) is 0 Å². The number of urea groups is 1. The lowest BCUT2D eigenvalue weighted by molar-refractivity contribution is -0.172. The van der Waals surface area contributed by atoms with E-state index >= 15 is 0 Å². The lowest BCUT2D eigenvalue weighted by Gasteiger charge is -2.48. The Balaban J connectivity index is 0.971. The summed E-state index contributed by atoms with van der Waals surface area (Å²) in [4.78, 5) is 77.3. The Morgan fingerprint density at radius 2 is 1.12 bits per heavy atom. The van der Waals surface area contributed by atoms with Gasteiger partial charge in [0.05, 0.1) is 31.5 Å². The maximum Gasteiger partial charge on any atom is 0.436 e. The number of alkyl carbamates (subject to hydrolysis) is 1. The lowest BCUT2D eigenvalue weighted by Crippen LogP contribution is -2.70. The number of aliphatic imine (C=N–C) groups is 1. The average Bonchev–Trinajstić information content (AvgIpc) is 3.35. The zero-order valence-electron chi connectivity index (χ0n) is 39.7. The molecule has 17 heteroatoms. The summed E-state index contributed by atoms with van der Waals surface area (Å²) in [6.45, 7) is 2.16. The van der Waals surface area contributed by atoms with Crippen LogP contribution in [0, 0.1) is 35.5 Å². The van der Waals surface area contributed by atoms with Crippen molar-refractivity contribution in [1.29, 1.82) is 0 Å². The fourth-order valence-corrected chi connectivity index (χ4v) is 13.4. The van der Waals surface area contributed by atoms with Crippen molar-refractivity contribution < 1.29 is 46.6 Å². The number of amides is 5. The Morgan fingerprint density at radius 3 is 1.71 bits per heavy atom. The van der Waals surface area contributed by atoms with Crippen molar-refractivity contribution in [2.75, 3.05) is 64.8 Å². The van der Waals surface area contributed by atoms with Gasteiger partial charge in [-0.2, -0.15) is 4.31 Å². The number of β-lactam (4-membered cyclic amide) rings is 1. The van der Waals surface area contributed by atoms with E-state index < -0.39 is 52.1 Å². The number of piperidine rings is 1. The topological polar surface area (TPSA) is 185 Å². The minimum Gasteiger partial charge on any atom is -0.464 e. The summed E-state index contributed by atoms with van der Waals surface area (Å²) in [5.41, 5.74) is 0. The Bertz CT molecular complexity index is 1750. The monoisotopic (exact) mass is 945 g/mol. The molecule has 372 valence electrons. The van der Waals surface area contributed by atoms with Gasteiger partial charge in [0, 0.05) is 39.3 Å². The quantitative estimate of drug-likeness (QED) is 0.0417. The van der Waals surface area contributed by atoms with Crippen molar-refractivity contribution in [1.82, 2.24) is 24.3 Å². The van der Waals surface area contributed by atoms with Gasteiger partial charge in [-0.3, -0.25) is 10.1 Å². The third kappa shape index (κ3) is 14.5. The van der Waals surface area contributed by atoms with Crippen LogP contribution in [0.1, 0.15) is 167 Å². The highest BCUT2D eigenvalue weighted by atomic mass is 32.2. The van der Waals surface area contributed by atoms with Gasteiger partial charge in [0.25, 0.3) is 0 Å². The second-order valence-electron chi connectivity index (χ2n) is 20.8. The zero-order valence-corrected chi connectivity index (χ0v) is 40.5. The third-order valence-corrected chi connectivity index (χ3v) is 17.9. The van der Waals surface area contributed by atoms with E-state index in [-0.39, 0.29) is 62.9 Å². The molecule has 2 unspecified atom stereocenters. The Hall–Kier alpha value is -3.47. The predicted molar refractivity (Wildman–Crippen MR) is 250 cm³/mol. The molecule has 0 bridgehead atoms. The number of likely N-dealkylation sites (tertiary alicyclic amines) is 2. The number of rotatable bonds is 15. The number of nitrogens with one attached hydrogen (secondary N) is 1. The largest absolute Gasteiger partial charge is 0.464 e. The van der Waals surface area contributed by atoms with Gasteiger partial charge in [-0.25, -0.2) is 32.5 Å². The highest BCUT2D eigenvalue weighted by Crippen LogP contribution is 2.38. The number of piperazine rings is 1. The second-order valence-corrected chi connectivity index (χ2v) is 22.9. The molecule has 16 nitrogen and oxygen atoms in total. The molecule has 3 atom stereocenters. The van der Waals surface area contributed by atoms with Crippen molar-refractivity contribution in [2.45, 2.75) is 173 Å². The van der Waals surface area contributed by atoms with E-state index in [2.05, 4.69) is 10.3 Å². The number of hydrogen-bond acceptors (Lipinski definition) is 10. The second kappa shape index (κ2) is 25.2. The summed E-state index contributed by atoms with van der Waals surface area (Å²) in [5, 5.41) is 2.75. The first-order chi connectivity index (χ1) is 32.0. The molecule has 4 aliphatic carbocycles. The van der Waals surface area contributed by atoms with E-state index in [1.807, 2.05) is 4.90 Å². The number of esters is 1.